The first-order valence-electron chi connectivity index (χ1n) is 7.60. The van der Waals surface area contributed by atoms with Crippen LogP contribution in [0.3, 0.4) is 0 Å². The van der Waals surface area contributed by atoms with E-state index in [1.807, 2.05) is 18.2 Å². The van der Waals surface area contributed by atoms with Crippen LogP contribution in [-0.2, 0) is 16.1 Å². The first-order valence-corrected chi connectivity index (χ1v) is 8.36. The van der Waals surface area contributed by atoms with Crippen molar-refractivity contribution in [3.05, 3.63) is 64.1 Å². The molecule has 1 fully saturated rings. The third-order valence-corrected chi connectivity index (χ3v) is 4.60. The largest absolute Gasteiger partial charge is 0.337 e. The molecular formula is C18H16Cl2N2O2. The lowest BCUT2D eigenvalue weighted by Gasteiger charge is -2.17. The van der Waals surface area contributed by atoms with Gasteiger partial charge in [-0.05, 0) is 29.8 Å². The third-order valence-electron chi connectivity index (χ3n) is 4.00. The summed E-state index contributed by atoms with van der Waals surface area (Å²) in [6, 6.07) is 14.3. The Kier molecular flexibility index (Phi) is 5.07. The summed E-state index contributed by atoms with van der Waals surface area (Å²) < 4.78 is 0. The maximum atomic E-state index is 12.4. The van der Waals surface area contributed by atoms with Gasteiger partial charge >= 0.3 is 0 Å². The molecule has 0 radical (unpaired) electrons. The molecule has 2 amide bonds. The van der Waals surface area contributed by atoms with Gasteiger partial charge in [-0.2, -0.15) is 0 Å². The first-order chi connectivity index (χ1) is 11.5. The van der Waals surface area contributed by atoms with Crippen LogP contribution in [0.15, 0.2) is 48.5 Å². The third kappa shape index (κ3) is 3.89. The molecule has 6 heteroatoms. The summed E-state index contributed by atoms with van der Waals surface area (Å²) >= 11 is 12.1. The van der Waals surface area contributed by atoms with Crippen molar-refractivity contribution in [2.45, 2.75) is 13.0 Å². The average Bonchev–Trinajstić information content (AvgIpc) is 2.91. The van der Waals surface area contributed by atoms with E-state index in [0.29, 0.717) is 28.8 Å². The zero-order valence-corrected chi connectivity index (χ0v) is 14.3. The van der Waals surface area contributed by atoms with Gasteiger partial charge in [0.1, 0.15) is 0 Å². The lowest BCUT2D eigenvalue weighted by Crippen LogP contribution is -2.28. The number of hydrogen-bond acceptors (Lipinski definition) is 2. The molecule has 2 aromatic rings. The van der Waals surface area contributed by atoms with Gasteiger partial charge in [-0.25, -0.2) is 0 Å². The number of rotatable bonds is 4. The minimum Gasteiger partial charge on any atom is -0.337 e. The van der Waals surface area contributed by atoms with Crippen LogP contribution in [0, 0.1) is 5.92 Å². The van der Waals surface area contributed by atoms with Crippen molar-refractivity contribution in [3.63, 3.8) is 0 Å². The number of nitrogens with zero attached hydrogens (tertiary/aromatic N) is 1. The van der Waals surface area contributed by atoms with Crippen molar-refractivity contribution >= 4 is 40.7 Å². The van der Waals surface area contributed by atoms with Gasteiger partial charge in [-0.3, -0.25) is 9.59 Å². The molecule has 124 valence electrons. The summed E-state index contributed by atoms with van der Waals surface area (Å²) in [5, 5.41) is 3.99. The summed E-state index contributed by atoms with van der Waals surface area (Å²) in [5.41, 5.74) is 1.51. The molecular weight excluding hydrogens is 347 g/mol. The molecule has 1 heterocycles. The molecule has 1 aliphatic heterocycles. The summed E-state index contributed by atoms with van der Waals surface area (Å²) in [5.74, 6) is -0.590. The number of anilines is 1. The second kappa shape index (κ2) is 7.24. The van der Waals surface area contributed by atoms with E-state index in [2.05, 4.69) is 5.32 Å². The molecule has 1 saturated heterocycles. The number of nitrogens with one attached hydrogen (secondary N) is 1. The number of hydrogen-bond donors (Lipinski definition) is 1. The van der Waals surface area contributed by atoms with Gasteiger partial charge in [0.2, 0.25) is 11.8 Å². The normalized spacial score (nSPS) is 17.2. The van der Waals surface area contributed by atoms with E-state index in [1.165, 1.54) is 0 Å². The minimum absolute atomic E-state index is 0.0406. The summed E-state index contributed by atoms with van der Waals surface area (Å²) in [6.45, 7) is 0.801. The Morgan fingerprint density at radius 2 is 1.96 bits per heavy atom. The fourth-order valence-electron chi connectivity index (χ4n) is 2.74. The van der Waals surface area contributed by atoms with Crippen LogP contribution in [-0.4, -0.2) is 23.3 Å². The van der Waals surface area contributed by atoms with Gasteiger partial charge in [0.25, 0.3) is 0 Å². The molecule has 24 heavy (non-hydrogen) atoms. The van der Waals surface area contributed by atoms with E-state index >= 15 is 0 Å². The standard InChI is InChI=1S/C18H16Cl2N2O2/c19-14-5-3-6-15(9-14)21-18(24)13-8-17(23)22(11-13)10-12-4-1-2-7-16(12)20/h1-7,9,13H,8,10-11H2,(H,21,24)/t13-/m0/s1. The lowest BCUT2D eigenvalue weighted by molar-refractivity contribution is -0.128. The monoisotopic (exact) mass is 362 g/mol. The smallest absolute Gasteiger partial charge is 0.229 e. The first kappa shape index (κ1) is 16.8. The van der Waals surface area contributed by atoms with Crippen molar-refractivity contribution in [2.75, 3.05) is 11.9 Å². The molecule has 0 aromatic heterocycles. The summed E-state index contributed by atoms with van der Waals surface area (Å²) in [6.07, 6.45) is 0.205. The summed E-state index contributed by atoms with van der Waals surface area (Å²) in [4.78, 5) is 26.2. The van der Waals surface area contributed by atoms with Gasteiger partial charge in [0, 0.05) is 35.2 Å². The number of likely N-dealkylation sites (tertiary alicyclic amines) is 1. The Balaban J connectivity index is 1.64. The van der Waals surface area contributed by atoms with Crippen molar-refractivity contribution in [1.29, 1.82) is 0 Å². The van der Waals surface area contributed by atoms with Gasteiger partial charge in [0.05, 0.1) is 5.92 Å². The van der Waals surface area contributed by atoms with E-state index in [1.54, 1.807) is 35.2 Å². The molecule has 3 rings (SSSR count). The maximum Gasteiger partial charge on any atom is 0.229 e. The highest BCUT2D eigenvalue weighted by atomic mass is 35.5. The average molecular weight is 363 g/mol. The van der Waals surface area contributed by atoms with Gasteiger partial charge in [0.15, 0.2) is 0 Å². The van der Waals surface area contributed by atoms with Crippen molar-refractivity contribution in [3.8, 4) is 0 Å². The Morgan fingerprint density at radius 3 is 2.71 bits per heavy atom. The zero-order valence-electron chi connectivity index (χ0n) is 12.8. The van der Waals surface area contributed by atoms with E-state index < -0.39 is 0 Å². The van der Waals surface area contributed by atoms with E-state index in [4.69, 9.17) is 23.2 Å². The van der Waals surface area contributed by atoms with Crippen LogP contribution in [0.25, 0.3) is 0 Å². The predicted molar refractivity (Wildman–Crippen MR) is 95.1 cm³/mol. The number of carbonyl (C=O) groups is 2. The maximum absolute atomic E-state index is 12.4. The van der Waals surface area contributed by atoms with Crippen molar-refractivity contribution in [1.82, 2.24) is 4.90 Å². The molecule has 1 N–H and O–H groups in total. The second-order valence-electron chi connectivity index (χ2n) is 5.77. The summed E-state index contributed by atoms with van der Waals surface area (Å²) in [7, 11) is 0. The van der Waals surface area contributed by atoms with Crippen LogP contribution in [0.4, 0.5) is 5.69 Å². The fraction of sp³-hybridized carbons (Fsp3) is 0.222. The Labute approximate surface area is 150 Å². The fourth-order valence-corrected chi connectivity index (χ4v) is 3.13. The number of carbonyl (C=O) groups excluding carboxylic acids is 2. The minimum atomic E-state index is -0.376. The molecule has 2 aromatic carbocycles. The number of halogens is 2. The zero-order chi connectivity index (χ0) is 17.1. The van der Waals surface area contributed by atoms with Crippen molar-refractivity contribution in [2.24, 2.45) is 5.92 Å². The highest BCUT2D eigenvalue weighted by Crippen LogP contribution is 2.25. The van der Waals surface area contributed by atoms with Crippen molar-refractivity contribution < 1.29 is 9.59 Å². The molecule has 0 unspecified atom stereocenters. The molecule has 1 aliphatic rings. The highest BCUT2D eigenvalue weighted by Gasteiger charge is 2.34. The van der Waals surface area contributed by atoms with Crippen LogP contribution in [0.5, 0.6) is 0 Å². The quantitative estimate of drug-likeness (QED) is 0.893. The van der Waals surface area contributed by atoms with E-state index in [0.717, 1.165) is 5.56 Å². The highest BCUT2D eigenvalue weighted by molar-refractivity contribution is 6.31. The van der Waals surface area contributed by atoms with E-state index in [9.17, 15) is 9.59 Å². The Bertz CT molecular complexity index is 779. The van der Waals surface area contributed by atoms with Gasteiger partial charge in [-0.15, -0.1) is 0 Å². The SMILES string of the molecule is O=C(Nc1cccc(Cl)c1)[C@H]1CC(=O)N(Cc2ccccc2Cl)C1. The van der Waals surface area contributed by atoms with Crippen LogP contribution < -0.4 is 5.32 Å². The molecule has 0 spiro atoms. The molecule has 0 saturated carbocycles. The molecule has 4 nitrogen and oxygen atoms in total. The predicted octanol–water partition coefficient (Wildman–Crippen LogP) is 3.98. The Morgan fingerprint density at radius 1 is 1.17 bits per heavy atom. The molecule has 1 atom stereocenters. The lowest BCUT2D eigenvalue weighted by atomic mass is 10.1. The second-order valence-corrected chi connectivity index (χ2v) is 6.61. The molecule has 0 aliphatic carbocycles. The van der Waals surface area contributed by atoms with Crippen LogP contribution in [0.1, 0.15) is 12.0 Å². The van der Waals surface area contributed by atoms with Gasteiger partial charge in [-0.1, -0.05) is 47.5 Å². The van der Waals surface area contributed by atoms with Crippen LogP contribution in [0.2, 0.25) is 10.0 Å². The number of benzene rings is 2. The topological polar surface area (TPSA) is 49.4 Å². The Hall–Kier alpha value is -2.04. The number of amides is 2. The van der Waals surface area contributed by atoms with E-state index in [-0.39, 0.29) is 24.2 Å². The van der Waals surface area contributed by atoms with Gasteiger partial charge < -0.3 is 10.2 Å². The molecule has 0 bridgehead atoms. The van der Waals surface area contributed by atoms with Crippen LogP contribution >= 0.6 is 23.2 Å².